The molecule has 0 fully saturated rings. The zero-order valence-electron chi connectivity index (χ0n) is 25.0. The summed E-state index contributed by atoms with van der Waals surface area (Å²) in [6.07, 6.45) is 0. The average molecular weight is 758 g/mol. The Bertz CT molecular complexity index is 1540. The standard InChI is InChI=1S/2C18H12F3P.Cu.NO3/c2*19-13-1-7-16(8-2-13)22(17-9-3-14(20)4-10-17)18-11-5-15(21)6-12-18;;2-1(3)4/h2*1-12H;;/q;;+1;-1. The number of halogens is 6. The van der Waals surface area contributed by atoms with Crippen LogP contribution >= 0.6 is 15.8 Å². The summed E-state index contributed by atoms with van der Waals surface area (Å²) in [5, 5.41) is 20.3. The van der Waals surface area contributed by atoms with Crippen LogP contribution in [0.15, 0.2) is 146 Å². The Morgan fingerprint density at radius 1 is 0.327 bits per heavy atom. The zero-order valence-corrected chi connectivity index (χ0v) is 27.7. The first-order valence-electron chi connectivity index (χ1n) is 14.0. The third-order valence-electron chi connectivity index (χ3n) is 6.51. The molecule has 0 saturated heterocycles. The SMILES string of the molecule is Fc1ccc(P(c2ccc(F)cc2)c2ccc(F)cc2)cc1.Fc1ccc(P(c2ccc(F)cc2)c2ccc(F)cc2)cc1.O=[N+]([O-])[O-].[Cu+]. The van der Waals surface area contributed by atoms with Crippen molar-refractivity contribution in [2.24, 2.45) is 0 Å². The van der Waals surface area contributed by atoms with Gasteiger partial charge in [0.15, 0.2) is 0 Å². The number of benzene rings is 6. The van der Waals surface area contributed by atoms with E-state index in [4.69, 9.17) is 15.3 Å². The average Bonchev–Trinajstić information content (AvgIpc) is 3.07. The molecule has 6 rings (SSSR count). The fourth-order valence-corrected chi connectivity index (χ4v) is 8.91. The Morgan fingerprint density at radius 3 is 0.531 bits per heavy atom. The predicted molar refractivity (Wildman–Crippen MR) is 180 cm³/mol. The maximum atomic E-state index is 13.2. The van der Waals surface area contributed by atoms with Crippen molar-refractivity contribution < 1.29 is 48.5 Å². The molecular formula is C36H24CuF6NO3P2. The zero-order chi connectivity index (χ0) is 34.6. The predicted octanol–water partition coefficient (Wildman–Crippen LogP) is 7.48. The number of hydrogen-bond donors (Lipinski definition) is 0. The molecule has 0 aliphatic rings. The maximum absolute atomic E-state index is 13.2. The largest absolute Gasteiger partial charge is 1.00 e. The molecule has 6 aromatic carbocycles. The Kier molecular flexibility index (Phi) is 15.0. The van der Waals surface area contributed by atoms with Crippen molar-refractivity contribution >= 4 is 47.7 Å². The summed E-state index contributed by atoms with van der Waals surface area (Å²) in [6, 6.07) is 37.4. The van der Waals surface area contributed by atoms with Crippen molar-refractivity contribution in [1.29, 1.82) is 0 Å². The van der Waals surface area contributed by atoms with Crippen LogP contribution in [0.1, 0.15) is 0 Å². The van der Waals surface area contributed by atoms with Gasteiger partial charge in [0.25, 0.3) is 0 Å². The Morgan fingerprint density at radius 2 is 0.429 bits per heavy atom. The van der Waals surface area contributed by atoms with Crippen LogP contribution < -0.4 is 31.8 Å². The van der Waals surface area contributed by atoms with Gasteiger partial charge < -0.3 is 15.3 Å². The third kappa shape index (κ3) is 11.8. The molecule has 0 aliphatic carbocycles. The van der Waals surface area contributed by atoms with Crippen LogP contribution in [-0.4, -0.2) is 5.09 Å². The van der Waals surface area contributed by atoms with Gasteiger partial charge in [0.05, 0.1) is 5.09 Å². The number of rotatable bonds is 6. The van der Waals surface area contributed by atoms with Crippen molar-refractivity contribution in [3.8, 4) is 0 Å². The van der Waals surface area contributed by atoms with E-state index in [-0.39, 0.29) is 52.0 Å². The Hall–Kier alpha value is -4.52. The second kappa shape index (κ2) is 18.9. The fraction of sp³-hybridized carbons (Fsp3) is 0. The van der Waals surface area contributed by atoms with Crippen LogP contribution in [0.3, 0.4) is 0 Å². The van der Waals surface area contributed by atoms with E-state index in [9.17, 15) is 26.3 Å². The molecule has 0 amide bonds. The van der Waals surface area contributed by atoms with E-state index in [1.54, 1.807) is 72.8 Å². The summed E-state index contributed by atoms with van der Waals surface area (Å²) in [7, 11) is -1.97. The van der Waals surface area contributed by atoms with E-state index in [0.29, 0.717) is 0 Å². The second-order valence-electron chi connectivity index (χ2n) is 9.75. The first kappa shape index (κ1) is 38.9. The van der Waals surface area contributed by atoms with Gasteiger partial charge in [0, 0.05) is 0 Å². The molecule has 49 heavy (non-hydrogen) atoms. The number of nitrogens with zero attached hydrogens (tertiary/aromatic N) is 1. The van der Waals surface area contributed by atoms with Crippen LogP contribution in [-0.2, 0) is 17.1 Å². The molecule has 0 spiro atoms. The minimum absolute atomic E-state index is 0. The first-order chi connectivity index (χ1) is 23.0. The molecule has 0 saturated carbocycles. The topological polar surface area (TPSA) is 66.2 Å². The van der Waals surface area contributed by atoms with Gasteiger partial charge in [-0.2, -0.15) is 0 Å². The van der Waals surface area contributed by atoms with E-state index < -0.39 is 20.9 Å². The minimum atomic E-state index is -1.75. The normalized spacial score (nSPS) is 10.3. The molecule has 0 aliphatic heterocycles. The summed E-state index contributed by atoms with van der Waals surface area (Å²) in [5.74, 6) is -1.85. The van der Waals surface area contributed by atoms with Gasteiger partial charge in [0.1, 0.15) is 34.9 Å². The summed E-state index contributed by atoms with van der Waals surface area (Å²) in [5.41, 5.74) is 0. The molecule has 254 valence electrons. The molecule has 0 radical (unpaired) electrons. The van der Waals surface area contributed by atoms with Gasteiger partial charge in [-0.05, 0) is 120 Å². The first-order valence-corrected chi connectivity index (χ1v) is 16.6. The van der Waals surface area contributed by atoms with Crippen molar-refractivity contribution in [3.05, 3.63) is 196 Å². The molecule has 0 unspecified atom stereocenters. The molecule has 0 N–H and O–H groups in total. The van der Waals surface area contributed by atoms with Gasteiger partial charge in [-0.3, -0.25) is 0 Å². The van der Waals surface area contributed by atoms with Crippen LogP contribution in [0.25, 0.3) is 0 Å². The smallest absolute Gasteiger partial charge is 0.356 e. The molecule has 6 aromatic rings. The summed E-state index contributed by atoms with van der Waals surface area (Å²) < 4.78 is 79.0. The van der Waals surface area contributed by atoms with E-state index in [1.807, 2.05) is 0 Å². The van der Waals surface area contributed by atoms with Gasteiger partial charge in [-0.25, -0.2) is 26.3 Å². The van der Waals surface area contributed by atoms with Crippen molar-refractivity contribution in [2.75, 3.05) is 0 Å². The van der Waals surface area contributed by atoms with Crippen LogP contribution in [0.5, 0.6) is 0 Å². The molecule has 4 nitrogen and oxygen atoms in total. The third-order valence-corrected chi connectivity index (χ3v) is 11.4. The van der Waals surface area contributed by atoms with E-state index in [0.717, 1.165) is 31.8 Å². The summed E-state index contributed by atoms with van der Waals surface area (Å²) in [4.78, 5) is 8.25. The number of hydrogen-bond acceptors (Lipinski definition) is 3. The Labute approximate surface area is 291 Å². The van der Waals surface area contributed by atoms with Crippen molar-refractivity contribution in [3.63, 3.8) is 0 Å². The summed E-state index contributed by atoms with van der Waals surface area (Å²) in [6.45, 7) is 0. The molecule has 0 heterocycles. The van der Waals surface area contributed by atoms with Gasteiger partial charge in [-0.15, -0.1) is 0 Å². The van der Waals surface area contributed by atoms with Crippen molar-refractivity contribution in [2.45, 2.75) is 0 Å². The van der Waals surface area contributed by atoms with Gasteiger partial charge >= 0.3 is 17.1 Å². The Balaban J connectivity index is 0.000000235. The molecule has 0 aromatic heterocycles. The molecule has 13 heteroatoms. The molecule has 0 atom stereocenters. The van der Waals surface area contributed by atoms with Gasteiger partial charge in [0.2, 0.25) is 0 Å². The summed E-state index contributed by atoms with van der Waals surface area (Å²) >= 11 is 0. The minimum Gasteiger partial charge on any atom is -0.356 e. The fourth-order valence-electron chi connectivity index (χ4n) is 4.44. The molecular weight excluding hydrogens is 734 g/mol. The van der Waals surface area contributed by atoms with Gasteiger partial charge in [-0.1, -0.05) is 72.8 Å². The van der Waals surface area contributed by atoms with E-state index in [2.05, 4.69) is 0 Å². The van der Waals surface area contributed by atoms with E-state index in [1.165, 1.54) is 72.8 Å². The maximum Gasteiger partial charge on any atom is 1.00 e. The molecule has 0 bridgehead atoms. The van der Waals surface area contributed by atoms with Crippen LogP contribution in [0.2, 0.25) is 0 Å². The quantitative estimate of drug-likeness (QED) is 0.0582. The van der Waals surface area contributed by atoms with Crippen molar-refractivity contribution in [1.82, 2.24) is 0 Å². The van der Waals surface area contributed by atoms with Crippen LogP contribution in [0, 0.1) is 50.2 Å². The van der Waals surface area contributed by atoms with Crippen LogP contribution in [0.4, 0.5) is 26.3 Å². The second-order valence-corrected chi connectivity index (χ2v) is 14.2. The monoisotopic (exact) mass is 757 g/mol. The van der Waals surface area contributed by atoms with E-state index >= 15 is 0 Å².